The van der Waals surface area contributed by atoms with Crippen LogP contribution in [0.4, 0.5) is 5.69 Å². The van der Waals surface area contributed by atoms with E-state index in [1.165, 1.54) is 0 Å². The molecule has 4 aliphatic carbocycles. The average molecular weight is 1000 g/mol. The van der Waals surface area contributed by atoms with Crippen LogP contribution in [-0.2, 0) is 62.7 Å². The molecule has 0 radical (unpaired) electrons. The number of esters is 1. The summed E-state index contributed by atoms with van der Waals surface area (Å²) < 4.78 is 51.4. The number of carbonyl (C=O) groups excluding carboxylic acids is 5. The van der Waals surface area contributed by atoms with Crippen molar-refractivity contribution >= 4 is 42.7 Å². The van der Waals surface area contributed by atoms with Crippen LogP contribution in [-0.4, -0.2) is 82.1 Å². The van der Waals surface area contributed by atoms with E-state index in [0.29, 0.717) is 30.5 Å². The molecular formula is C55H75N2O13P. The first-order valence-electron chi connectivity index (χ1n) is 25.0. The van der Waals surface area contributed by atoms with Crippen LogP contribution in [0.3, 0.4) is 0 Å². The molecule has 0 spiro atoms. The molecule has 3 saturated carbocycles. The first-order valence-corrected chi connectivity index (χ1v) is 26.5. The Labute approximate surface area is 418 Å². The number of aliphatic hydroxyl groups is 1. The molecule has 1 aliphatic heterocycles. The number of carbonyl (C=O) groups is 5. The van der Waals surface area contributed by atoms with E-state index in [1.807, 2.05) is 55.5 Å². The molecule has 4 N–H and O–H groups in total. The van der Waals surface area contributed by atoms with Gasteiger partial charge >= 0.3 is 13.8 Å². The second-order valence-electron chi connectivity index (χ2n) is 23.7. The Bertz CT molecular complexity index is 2460. The van der Waals surface area contributed by atoms with Gasteiger partial charge in [-0.2, -0.15) is 0 Å². The van der Waals surface area contributed by atoms with E-state index < -0.39 is 89.7 Å². The number of nitrogens with two attached hydrogens (primary N) is 1. The van der Waals surface area contributed by atoms with Gasteiger partial charge in [-0.3, -0.25) is 37.5 Å². The van der Waals surface area contributed by atoms with Crippen LogP contribution < -0.4 is 11.1 Å². The van der Waals surface area contributed by atoms with Gasteiger partial charge in [-0.05, 0) is 148 Å². The van der Waals surface area contributed by atoms with Gasteiger partial charge in [0.2, 0.25) is 5.91 Å². The molecule has 4 fully saturated rings. The number of benzene rings is 2. The minimum Gasteiger partial charge on any atom is -0.460 e. The average Bonchev–Trinajstić information content (AvgIpc) is 3.75. The predicted octanol–water partition coefficient (Wildman–Crippen LogP) is 9.24. The maximum Gasteiger partial charge on any atom is 0.476 e. The van der Waals surface area contributed by atoms with Crippen LogP contribution in [0.1, 0.15) is 144 Å². The lowest BCUT2D eigenvalue weighted by molar-refractivity contribution is -0.201. The van der Waals surface area contributed by atoms with Gasteiger partial charge in [0.1, 0.15) is 18.0 Å². The quantitative estimate of drug-likeness (QED) is 0.0995. The standard InChI is InChI=1S/C55H75N2O13P/c1-50(2,3)67-46(62)22-19-36(27-40(59)31-56)48(63)57-38-14-12-13-34(26-38)25-33-15-17-35(18-16-33)49-66-45-29-42-41-21-20-37-28-39(58)23-24-53(37,10)47(41)43(60)30-54(42,11)55(45,68-49)44(61)32-65-71(64,69-51(4,5)6)70-52(7,8)9/h12-18,23-24,26,28,36,41-43,45,47,49,60H,19-22,25,27,29-32,56H2,1-11H3,(H,57,63)/t36-,41+,42+,43+,45-,47-,49-,53+,54+,55-/m1/s1. The minimum absolute atomic E-state index is 0.0257. The molecule has 0 bridgehead atoms. The highest BCUT2D eigenvalue weighted by Crippen LogP contribution is 2.71. The lowest BCUT2D eigenvalue weighted by Gasteiger charge is -2.59. The molecule has 1 saturated heterocycles. The number of aliphatic hydroxyl groups excluding tert-OH is 1. The summed E-state index contributed by atoms with van der Waals surface area (Å²) in [6, 6.07) is 15.1. The molecule has 7 rings (SSSR count). The Kier molecular flexibility index (Phi) is 15.6. The number of ketones is 3. The number of rotatable bonds is 17. The number of nitrogens with one attached hydrogen (secondary N) is 1. The monoisotopic (exact) mass is 1000 g/mol. The van der Waals surface area contributed by atoms with E-state index in [2.05, 4.69) is 12.2 Å². The molecule has 5 aliphatic rings. The largest absolute Gasteiger partial charge is 0.476 e. The van der Waals surface area contributed by atoms with E-state index in [4.69, 9.17) is 33.5 Å². The van der Waals surface area contributed by atoms with Gasteiger partial charge in [0.15, 0.2) is 23.5 Å². The van der Waals surface area contributed by atoms with Crippen molar-refractivity contribution in [3.8, 4) is 0 Å². The number of allylic oxidation sites excluding steroid dienone is 4. The summed E-state index contributed by atoms with van der Waals surface area (Å²) in [6.45, 7) is 18.9. The van der Waals surface area contributed by atoms with E-state index in [9.17, 15) is 28.8 Å². The van der Waals surface area contributed by atoms with Crippen molar-refractivity contribution in [1.29, 1.82) is 0 Å². The number of hydrogen-bond acceptors (Lipinski definition) is 14. The minimum atomic E-state index is -4.32. The van der Waals surface area contributed by atoms with Crippen LogP contribution in [0.15, 0.2) is 72.3 Å². The molecule has 16 heteroatoms. The Balaban J connectivity index is 1.11. The van der Waals surface area contributed by atoms with Crippen LogP contribution in [0.25, 0.3) is 0 Å². The summed E-state index contributed by atoms with van der Waals surface area (Å²) in [5.41, 5.74) is 4.00. The summed E-state index contributed by atoms with van der Waals surface area (Å²) in [5, 5.41) is 15.3. The maximum atomic E-state index is 15.2. The highest BCUT2D eigenvalue weighted by atomic mass is 31.2. The van der Waals surface area contributed by atoms with Crippen molar-refractivity contribution in [3.05, 3.63) is 89.0 Å². The zero-order valence-corrected chi connectivity index (χ0v) is 44.2. The highest BCUT2D eigenvalue weighted by molar-refractivity contribution is 7.48. The third-order valence-electron chi connectivity index (χ3n) is 14.8. The molecule has 2 aromatic carbocycles. The summed E-state index contributed by atoms with van der Waals surface area (Å²) in [4.78, 5) is 66.0. The van der Waals surface area contributed by atoms with Crippen LogP contribution in [0.5, 0.6) is 0 Å². The van der Waals surface area contributed by atoms with Crippen molar-refractivity contribution in [3.63, 3.8) is 0 Å². The fraction of sp³-hybridized carbons (Fsp3) is 0.618. The van der Waals surface area contributed by atoms with Gasteiger partial charge in [-0.15, -0.1) is 0 Å². The molecule has 388 valence electrons. The third-order valence-corrected chi connectivity index (χ3v) is 16.8. The number of phosphoric ester groups is 1. The number of phosphoric acid groups is 1. The molecule has 2 aromatic rings. The number of Topliss-reactive ketones (excluding diaryl/α,β-unsaturated/α-hetero) is 2. The molecule has 1 heterocycles. The molecule has 0 unspecified atom stereocenters. The molecular weight excluding hydrogens is 928 g/mol. The molecule has 10 atom stereocenters. The maximum absolute atomic E-state index is 15.2. The van der Waals surface area contributed by atoms with Crippen LogP contribution in [0, 0.1) is 34.5 Å². The Hall–Kier alpha value is -4.18. The fourth-order valence-corrected chi connectivity index (χ4v) is 13.9. The summed E-state index contributed by atoms with van der Waals surface area (Å²) in [5.74, 6) is -2.79. The molecule has 71 heavy (non-hydrogen) atoms. The second kappa shape index (κ2) is 20.3. The van der Waals surface area contributed by atoms with Gasteiger partial charge in [-0.25, -0.2) is 4.57 Å². The lowest BCUT2D eigenvalue weighted by atomic mass is 9.46. The van der Waals surface area contributed by atoms with Gasteiger partial charge in [-0.1, -0.05) is 61.9 Å². The summed E-state index contributed by atoms with van der Waals surface area (Å²) >= 11 is 0. The zero-order chi connectivity index (χ0) is 52.1. The normalized spacial score (nSPS) is 29.8. The number of amides is 1. The zero-order valence-electron chi connectivity index (χ0n) is 43.3. The Morgan fingerprint density at radius 3 is 2.25 bits per heavy atom. The van der Waals surface area contributed by atoms with Crippen molar-refractivity contribution in [2.75, 3.05) is 18.5 Å². The van der Waals surface area contributed by atoms with Crippen molar-refractivity contribution in [2.45, 2.75) is 168 Å². The molecule has 1 amide bonds. The van der Waals surface area contributed by atoms with Gasteiger partial charge in [0.25, 0.3) is 0 Å². The van der Waals surface area contributed by atoms with Crippen molar-refractivity contribution < 1.29 is 61.4 Å². The van der Waals surface area contributed by atoms with E-state index >= 15 is 4.79 Å². The second-order valence-corrected chi connectivity index (χ2v) is 25.2. The van der Waals surface area contributed by atoms with E-state index in [1.54, 1.807) is 80.5 Å². The van der Waals surface area contributed by atoms with Gasteiger partial charge < -0.3 is 30.4 Å². The third kappa shape index (κ3) is 11.9. The summed E-state index contributed by atoms with van der Waals surface area (Å²) in [6.07, 6.45) is 5.29. The smallest absolute Gasteiger partial charge is 0.460 e. The predicted molar refractivity (Wildman–Crippen MR) is 267 cm³/mol. The van der Waals surface area contributed by atoms with Crippen molar-refractivity contribution in [1.82, 2.24) is 0 Å². The fourth-order valence-electron chi connectivity index (χ4n) is 12.1. The van der Waals surface area contributed by atoms with Crippen LogP contribution in [0.2, 0.25) is 0 Å². The SMILES string of the molecule is CC(C)(C)OC(=O)CC[C@H](CC(=O)CN)C(=O)Nc1cccc(Cc2ccc([C@@H]3O[C@@H]4C[C@H]5[C@@H]6CCC7=CC(=O)C=C[C@]7(C)[C@H]6[C@@H](O)C[C@]5(C)[C@]4(C(=O)COP(=O)(OC(C)(C)C)OC(C)(C)C)O3)cc2)c1. The number of fused-ring (bicyclic) bond motifs is 7. The Morgan fingerprint density at radius 1 is 0.944 bits per heavy atom. The lowest BCUT2D eigenvalue weighted by Crippen LogP contribution is -2.63. The topological polar surface area (TPSA) is 216 Å². The highest BCUT2D eigenvalue weighted by Gasteiger charge is 2.76. The van der Waals surface area contributed by atoms with Crippen molar-refractivity contribution in [2.24, 2.45) is 40.2 Å². The molecule has 0 aromatic heterocycles. The number of anilines is 1. The van der Waals surface area contributed by atoms with Gasteiger partial charge in [0, 0.05) is 46.8 Å². The Morgan fingerprint density at radius 2 is 1.62 bits per heavy atom. The van der Waals surface area contributed by atoms with E-state index in [-0.39, 0.29) is 61.5 Å². The number of hydrogen-bond donors (Lipinski definition) is 3. The summed E-state index contributed by atoms with van der Waals surface area (Å²) in [7, 11) is -4.32. The first kappa shape index (κ1) is 54.6. The van der Waals surface area contributed by atoms with E-state index in [0.717, 1.165) is 23.1 Å². The molecule has 15 nitrogen and oxygen atoms in total. The van der Waals surface area contributed by atoms with Gasteiger partial charge in [0.05, 0.1) is 30.0 Å². The number of ether oxygens (including phenoxy) is 3. The van der Waals surface area contributed by atoms with Crippen LogP contribution >= 0.6 is 7.82 Å². The first-order chi connectivity index (χ1) is 33.0.